The minimum Gasteiger partial charge on any atom is -0.482 e. The zero-order valence-electron chi connectivity index (χ0n) is 19.9. The molecule has 0 radical (unpaired) electrons. The smallest absolute Gasteiger partial charge is 0.410 e. The second-order valence-corrected chi connectivity index (χ2v) is 10.2. The van der Waals surface area contributed by atoms with Gasteiger partial charge in [-0.1, -0.05) is 42.5 Å². The van der Waals surface area contributed by atoms with E-state index in [9.17, 15) is 22.4 Å². The number of carboxylic acid groups (broad SMARTS) is 1. The molecule has 0 fully saturated rings. The van der Waals surface area contributed by atoms with Crippen molar-refractivity contribution in [2.75, 3.05) is 24.1 Å². The first-order valence-electron chi connectivity index (χ1n) is 11.3. The summed E-state index contributed by atoms with van der Waals surface area (Å²) in [6.45, 7) is -0.536. The number of benzene rings is 3. The van der Waals surface area contributed by atoms with Crippen LogP contribution in [0.5, 0.6) is 5.75 Å². The molecule has 0 aromatic heterocycles. The molecule has 37 heavy (non-hydrogen) atoms. The molecule has 1 amide bonds. The molecule has 0 aliphatic carbocycles. The molecule has 0 bridgehead atoms. The SMILES string of the molecule is CS(=O)(=O)Nc1cccc2c1CCN(C(=O)OCc1ccccc1)C2c1cc(F)ccc1OCC(=O)O. The molecule has 1 heterocycles. The summed E-state index contributed by atoms with van der Waals surface area (Å²) in [6, 6.07) is 16.7. The number of carbonyl (C=O) groups excluding carboxylic acids is 1. The molecule has 1 atom stereocenters. The van der Waals surface area contributed by atoms with Gasteiger partial charge in [-0.3, -0.25) is 9.62 Å². The lowest BCUT2D eigenvalue weighted by molar-refractivity contribution is -0.139. The third kappa shape index (κ3) is 6.36. The number of amides is 1. The van der Waals surface area contributed by atoms with E-state index in [1.54, 1.807) is 18.2 Å². The van der Waals surface area contributed by atoms with Crippen molar-refractivity contribution in [2.45, 2.75) is 19.1 Å². The van der Waals surface area contributed by atoms with Gasteiger partial charge in [0.25, 0.3) is 0 Å². The summed E-state index contributed by atoms with van der Waals surface area (Å²) in [5, 5.41) is 9.10. The second kappa shape index (κ2) is 10.9. The fourth-order valence-electron chi connectivity index (χ4n) is 4.30. The summed E-state index contributed by atoms with van der Waals surface area (Å²) in [6.07, 6.45) is 0.658. The quantitative estimate of drug-likeness (QED) is 0.454. The van der Waals surface area contributed by atoms with Gasteiger partial charge in [0.2, 0.25) is 10.0 Å². The summed E-state index contributed by atoms with van der Waals surface area (Å²) in [4.78, 5) is 25.9. The molecule has 3 aromatic rings. The topological polar surface area (TPSA) is 122 Å². The van der Waals surface area contributed by atoms with Crippen LogP contribution in [-0.4, -0.2) is 49.9 Å². The number of carbonyl (C=O) groups is 2. The summed E-state index contributed by atoms with van der Waals surface area (Å²) in [7, 11) is -3.60. The number of sulfonamides is 1. The number of hydrogen-bond acceptors (Lipinski definition) is 6. The molecule has 1 unspecified atom stereocenters. The van der Waals surface area contributed by atoms with Gasteiger partial charge in [0, 0.05) is 12.1 Å². The van der Waals surface area contributed by atoms with E-state index < -0.39 is 40.6 Å². The average molecular weight is 529 g/mol. The van der Waals surface area contributed by atoms with Crippen molar-refractivity contribution >= 4 is 27.8 Å². The summed E-state index contributed by atoms with van der Waals surface area (Å²) in [5.74, 6) is -1.77. The molecule has 0 spiro atoms. The van der Waals surface area contributed by atoms with Gasteiger partial charge < -0.3 is 14.6 Å². The number of carboxylic acids is 1. The van der Waals surface area contributed by atoms with E-state index in [0.29, 0.717) is 23.2 Å². The fraction of sp³-hybridized carbons (Fsp3) is 0.231. The molecule has 2 N–H and O–H groups in total. The maximum absolute atomic E-state index is 14.5. The van der Waals surface area contributed by atoms with E-state index in [2.05, 4.69) is 4.72 Å². The van der Waals surface area contributed by atoms with Crippen molar-refractivity contribution in [3.8, 4) is 5.75 Å². The van der Waals surface area contributed by atoms with Gasteiger partial charge in [0.05, 0.1) is 18.0 Å². The van der Waals surface area contributed by atoms with Crippen molar-refractivity contribution in [2.24, 2.45) is 0 Å². The number of hydrogen-bond donors (Lipinski definition) is 2. The monoisotopic (exact) mass is 528 g/mol. The van der Waals surface area contributed by atoms with Crippen LogP contribution in [0.25, 0.3) is 0 Å². The highest BCUT2D eigenvalue weighted by molar-refractivity contribution is 7.92. The van der Waals surface area contributed by atoms with Gasteiger partial charge in [0.15, 0.2) is 6.61 Å². The van der Waals surface area contributed by atoms with Crippen LogP contribution in [-0.2, 0) is 32.6 Å². The predicted octanol–water partition coefficient (Wildman–Crippen LogP) is 3.94. The van der Waals surface area contributed by atoms with E-state index in [0.717, 1.165) is 17.9 Å². The normalized spacial score (nSPS) is 15.0. The van der Waals surface area contributed by atoms with E-state index in [1.165, 1.54) is 17.0 Å². The van der Waals surface area contributed by atoms with Crippen molar-refractivity contribution < 1.29 is 37.0 Å². The first kappa shape index (κ1) is 26.0. The van der Waals surface area contributed by atoms with Gasteiger partial charge >= 0.3 is 12.1 Å². The van der Waals surface area contributed by atoms with Crippen molar-refractivity contribution in [1.29, 1.82) is 0 Å². The van der Waals surface area contributed by atoms with Gasteiger partial charge in [-0.25, -0.2) is 22.4 Å². The van der Waals surface area contributed by atoms with Crippen LogP contribution < -0.4 is 9.46 Å². The number of rotatable bonds is 8. The van der Waals surface area contributed by atoms with Gasteiger partial charge in [-0.05, 0) is 47.4 Å². The van der Waals surface area contributed by atoms with Gasteiger partial charge in [-0.15, -0.1) is 0 Å². The Labute approximate surface area is 213 Å². The number of ether oxygens (including phenoxy) is 2. The number of anilines is 1. The number of halogens is 1. The predicted molar refractivity (Wildman–Crippen MR) is 133 cm³/mol. The van der Waals surface area contributed by atoms with Crippen LogP contribution in [0.1, 0.15) is 28.3 Å². The summed E-state index contributed by atoms with van der Waals surface area (Å²) >= 11 is 0. The van der Waals surface area contributed by atoms with E-state index in [-0.39, 0.29) is 24.5 Å². The van der Waals surface area contributed by atoms with E-state index >= 15 is 0 Å². The second-order valence-electron chi connectivity index (χ2n) is 8.50. The van der Waals surface area contributed by atoms with E-state index in [1.807, 2.05) is 30.3 Å². The van der Waals surface area contributed by atoms with Crippen LogP contribution in [0.4, 0.5) is 14.9 Å². The maximum atomic E-state index is 14.5. The molecule has 194 valence electrons. The minimum atomic E-state index is -3.60. The van der Waals surface area contributed by atoms with Crippen LogP contribution in [0.2, 0.25) is 0 Å². The number of nitrogens with one attached hydrogen (secondary N) is 1. The Bertz CT molecular complexity index is 1410. The highest BCUT2D eigenvalue weighted by Crippen LogP contribution is 2.42. The lowest BCUT2D eigenvalue weighted by Gasteiger charge is -2.38. The molecule has 11 heteroatoms. The zero-order valence-corrected chi connectivity index (χ0v) is 20.7. The lowest BCUT2D eigenvalue weighted by atomic mass is 9.87. The Morgan fingerprint density at radius 1 is 1.08 bits per heavy atom. The van der Waals surface area contributed by atoms with Gasteiger partial charge in [0.1, 0.15) is 18.2 Å². The molecule has 1 aliphatic rings. The third-order valence-electron chi connectivity index (χ3n) is 5.77. The standard InChI is InChI=1S/C26H25FN2O7S/c1-37(33,34)28-22-9-5-8-20-19(22)12-13-29(26(32)36-15-17-6-3-2-4-7-17)25(20)21-14-18(27)10-11-23(21)35-16-24(30)31/h2-11,14,25,28H,12-13,15-16H2,1H3,(H,30,31). The Balaban J connectivity index is 1.78. The first-order valence-corrected chi connectivity index (χ1v) is 13.2. The van der Waals surface area contributed by atoms with Crippen LogP contribution in [0, 0.1) is 5.82 Å². The maximum Gasteiger partial charge on any atom is 0.410 e. The molecule has 9 nitrogen and oxygen atoms in total. The Morgan fingerprint density at radius 3 is 2.54 bits per heavy atom. The third-order valence-corrected chi connectivity index (χ3v) is 6.36. The number of aliphatic carboxylic acids is 1. The highest BCUT2D eigenvalue weighted by atomic mass is 32.2. The fourth-order valence-corrected chi connectivity index (χ4v) is 4.89. The molecule has 0 saturated heterocycles. The first-order chi connectivity index (χ1) is 17.6. The number of nitrogens with zero attached hydrogens (tertiary/aromatic N) is 1. The summed E-state index contributed by atoms with van der Waals surface area (Å²) in [5.41, 5.74) is 2.48. The van der Waals surface area contributed by atoms with Gasteiger partial charge in [-0.2, -0.15) is 0 Å². The minimum absolute atomic E-state index is 0.0109. The van der Waals surface area contributed by atoms with Crippen LogP contribution in [0.3, 0.4) is 0 Å². The zero-order chi connectivity index (χ0) is 26.6. The van der Waals surface area contributed by atoms with Crippen molar-refractivity contribution in [3.05, 3.63) is 94.8 Å². The lowest BCUT2D eigenvalue weighted by Crippen LogP contribution is -2.41. The molecular weight excluding hydrogens is 503 g/mol. The molecule has 1 aliphatic heterocycles. The van der Waals surface area contributed by atoms with E-state index in [4.69, 9.17) is 14.6 Å². The van der Waals surface area contributed by atoms with Crippen molar-refractivity contribution in [3.63, 3.8) is 0 Å². The largest absolute Gasteiger partial charge is 0.482 e. The highest BCUT2D eigenvalue weighted by Gasteiger charge is 2.36. The van der Waals surface area contributed by atoms with Crippen molar-refractivity contribution in [1.82, 2.24) is 4.90 Å². The number of fused-ring (bicyclic) bond motifs is 1. The molecule has 4 rings (SSSR count). The molecule has 3 aromatic carbocycles. The van der Waals surface area contributed by atoms with Crippen LogP contribution in [0.15, 0.2) is 66.7 Å². The molecular formula is C26H25FN2O7S. The Kier molecular flexibility index (Phi) is 7.63. The summed E-state index contributed by atoms with van der Waals surface area (Å²) < 4.78 is 51.9. The Hall–Kier alpha value is -4.12. The van der Waals surface area contributed by atoms with Crippen LogP contribution >= 0.6 is 0 Å². The average Bonchev–Trinajstić information content (AvgIpc) is 2.85. The Morgan fingerprint density at radius 2 is 1.84 bits per heavy atom. The molecule has 0 saturated carbocycles.